The first-order valence-corrected chi connectivity index (χ1v) is 6.16. The predicted octanol–water partition coefficient (Wildman–Crippen LogP) is 1.82. The molecule has 17 heavy (non-hydrogen) atoms. The summed E-state index contributed by atoms with van der Waals surface area (Å²) in [5.41, 5.74) is 0. The summed E-state index contributed by atoms with van der Waals surface area (Å²) in [6.45, 7) is 1.94. The number of amides is 1. The minimum Gasteiger partial charge on any atom is -0.481 e. The van der Waals surface area contributed by atoms with Gasteiger partial charge in [0.15, 0.2) is 0 Å². The minimum absolute atomic E-state index is 0.135. The summed E-state index contributed by atoms with van der Waals surface area (Å²) >= 11 is 1.43. The molecule has 1 aliphatic carbocycles. The normalized spacial score (nSPS) is 22.6. The van der Waals surface area contributed by atoms with Crippen LogP contribution in [0.25, 0.3) is 0 Å². The maximum absolute atomic E-state index is 11.8. The van der Waals surface area contributed by atoms with Crippen LogP contribution in [0.4, 0.5) is 0 Å². The Balaban J connectivity index is 1.93. The molecular weight excluding hydrogens is 238 g/mol. The van der Waals surface area contributed by atoms with E-state index >= 15 is 0 Å². The van der Waals surface area contributed by atoms with Crippen molar-refractivity contribution in [3.05, 3.63) is 34.0 Å². The van der Waals surface area contributed by atoms with E-state index in [0.29, 0.717) is 11.3 Å². The van der Waals surface area contributed by atoms with Gasteiger partial charge in [0.2, 0.25) is 0 Å². The zero-order valence-corrected chi connectivity index (χ0v) is 10.2. The van der Waals surface area contributed by atoms with Crippen molar-refractivity contribution in [2.24, 2.45) is 5.92 Å². The standard InChI is InChI=1S/C12H13NO3S/c1-7-2-5-10(17-7)11(14)13-9-4-3-8(6-9)12(15)16/h2-5,8-9H,6H2,1H3,(H,13,14)(H,15,16). The first-order chi connectivity index (χ1) is 8.06. The van der Waals surface area contributed by atoms with Crippen LogP contribution in [0.5, 0.6) is 0 Å². The van der Waals surface area contributed by atoms with Gasteiger partial charge in [0.1, 0.15) is 0 Å². The van der Waals surface area contributed by atoms with E-state index in [4.69, 9.17) is 5.11 Å². The van der Waals surface area contributed by atoms with Gasteiger partial charge in [0.25, 0.3) is 5.91 Å². The van der Waals surface area contributed by atoms with Crippen molar-refractivity contribution < 1.29 is 14.7 Å². The van der Waals surface area contributed by atoms with Crippen LogP contribution in [-0.4, -0.2) is 23.0 Å². The second kappa shape index (κ2) is 4.71. The van der Waals surface area contributed by atoms with Gasteiger partial charge < -0.3 is 10.4 Å². The molecule has 1 heterocycles. The summed E-state index contributed by atoms with van der Waals surface area (Å²) in [6.07, 6.45) is 3.82. The minimum atomic E-state index is -0.843. The summed E-state index contributed by atoms with van der Waals surface area (Å²) < 4.78 is 0. The zero-order valence-electron chi connectivity index (χ0n) is 9.34. The van der Waals surface area contributed by atoms with E-state index in [2.05, 4.69) is 5.32 Å². The fourth-order valence-electron chi connectivity index (χ4n) is 1.79. The Kier molecular flexibility index (Phi) is 3.28. The number of hydrogen-bond donors (Lipinski definition) is 2. The van der Waals surface area contributed by atoms with Gasteiger partial charge in [-0.3, -0.25) is 9.59 Å². The molecule has 0 aliphatic heterocycles. The molecule has 90 valence electrons. The third kappa shape index (κ3) is 2.74. The molecule has 1 aliphatic rings. The molecule has 5 heteroatoms. The number of carbonyl (C=O) groups is 2. The fraction of sp³-hybridized carbons (Fsp3) is 0.333. The molecule has 2 rings (SSSR count). The van der Waals surface area contributed by atoms with E-state index in [1.165, 1.54) is 11.3 Å². The van der Waals surface area contributed by atoms with Crippen molar-refractivity contribution in [3.63, 3.8) is 0 Å². The van der Waals surface area contributed by atoms with E-state index in [1.54, 1.807) is 18.2 Å². The van der Waals surface area contributed by atoms with Crippen LogP contribution in [-0.2, 0) is 4.79 Å². The maximum atomic E-state index is 11.8. The molecule has 0 bridgehead atoms. The Hall–Kier alpha value is -1.62. The van der Waals surface area contributed by atoms with Gasteiger partial charge in [-0.1, -0.05) is 12.2 Å². The highest BCUT2D eigenvalue weighted by atomic mass is 32.1. The molecule has 0 fully saturated rings. The average molecular weight is 251 g/mol. The Morgan fingerprint density at radius 1 is 1.41 bits per heavy atom. The second-order valence-electron chi connectivity index (χ2n) is 4.06. The van der Waals surface area contributed by atoms with Crippen LogP contribution < -0.4 is 5.32 Å². The smallest absolute Gasteiger partial charge is 0.310 e. The molecule has 1 amide bonds. The van der Waals surface area contributed by atoms with Gasteiger partial charge in [-0.25, -0.2) is 0 Å². The van der Waals surface area contributed by atoms with Crippen molar-refractivity contribution in [1.29, 1.82) is 0 Å². The van der Waals surface area contributed by atoms with Gasteiger partial charge >= 0.3 is 5.97 Å². The van der Waals surface area contributed by atoms with E-state index < -0.39 is 11.9 Å². The van der Waals surface area contributed by atoms with Crippen LogP contribution in [0.1, 0.15) is 21.0 Å². The molecule has 2 atom stereocenters. The van der Waals surface area contributed by atoms with Crippen LogP contribution in [0.2, 0.25) is 0 Å². The van der Waals surface area contributed by atoms with Gasteiger partial charge in [0, 0.05) is 10.9 Å². The molecule has 2 unspecified atom stereocenters. The fourth-order valence-corrected chi connectivity index (χ4v) is 2.56. The van der Waals surface area contributed by atoms with Gasteiger partial charge in [0.05, 0.1) is 10.8 Å². The molecule has 0 radical (unpaired) electrons. The number of nitrogens with one attached hydrogen (secondary N) is 1. The number of aryl methyl sites for hydroxylation is 1. The Bertz CT molecular complexity index is 478. The van der Waals surface area contributed by atoms with Crippen molar-refractivity contribution in [2.45, 2.75) is 19.4 Å². The summed E-state index contributed by atoms with van der Waals surface area (Å²) in [6, 6.07) is 3.50. The quantitative estimate of drug-likeness (QED) is 0.805. The van der Waals surface area contributed by atoms with Crippen molar-refractivity contribution in [2.75, 3.05) is 0 Å². The number of thiophene rings is 1. The average Bonchev–Trinajstić information content (AvgIpc) is 2.86. The molecule has 0 saturated carbocycles. The Morgan fingerprint density at radius 2 is 2.18 bits per heavy atom. The Morgan fingerprint density at radius 3 is 2.71 bits per heavy atom. The summed E-state index contributed by atoms with van der Waals surface area (Å²) in [7, 11) is 0. The topological polar surface area (TPSA) is 66.4 Å². The lowest BCUT2D eigenvalue weighted by molar-refractivity contribution is -0.140. The SMILES string of the molecule is Cc1ccc(C(=O)NC2C=CC(C(=O)O)C2)s1. The van der Waals surface area contributed by atoms with Crippen LogP contribution in [0.15, 0.2) is 24.3 Å². The highest BCUT2D eigenvalue weighted by Gasteiger charge is 2.25. The molecule has 0 aromatic carbocycles. The number of carbonyl (C=O) groups excluding carboxylic acids is 1. The summed E-state index contributed by atoms with van der Waals surface area (Å²) in [5.74, 6) is -1.46. The van der Waals surface area contributed by atoms with Crippen LogP contribution >= 0.6 is 11.3 Å². The number of hydrogen-bond acceptors (Lipinski definition) is 3. The van der Waals surface area contributed by atoms with Crippen LogP contribution in [0.3, 0.4) is 0 Å². The lowest BCUT2D eigenvalue weighted by Gasteiger charge is -2.10. The highest BCUT2D eigenvalue weighted by Crippen LogP contribution is 2.20. The zero-order chi connectivity index (χ0) is 12.4. The van der Waals surface area contributed by atoms with Gasteiger partial charge in [-0.15, -0.1) is 11.3 Å². The molecule has 1 aromatic rings. The highest BCUT2D eigenvalue weighted by molar-refractivity contribution is 7.13. The Labute approximate surface area is 103 Å². The van der Waals surface area contributed by atoms with E-state index in [-0.39, 0.29) is 11.9 Å². The lowest BCUT2D eigenvalue weighted by Crippen LogP contribution is -2.32. The first kappa shape index (κ1) is 11.9. The van der Waals surface area contributed by atoms with Crippen molar-refractivity contribution in [3.8, 4) is 0 Å². The van der Waals surface area contributed by atoms with Gasteiger partial charge in [-0.05, 0) is 25.5 Å². The first-order valence-electron chi connectivity index (χ1n) is 5.34. The van der Waals surface area contributed by atoms with E-state index in [9.17, 15) is 9.59 Å². The van der Waals surface area contributed by atoms with Crippen molar-refractivity contribution >= 4 is 23.2 Å². The third-order valence-electron chi connectivity index (χ3n) is 2.68. The maximum Gasteiger partial charge on any atom is 0.310 e. The molecule has 2 N–H and O–H groups in total. The van der Waals surface area contributed by atoms with E-state index in [0.717, 1.165) is 4.88 Å². The molecular formula is C12H13NO3S. The van der Waals surface area contributed by atoms with Crippen LogP contribution in [0, 0.1) is 12.8 Å². The summed E-state index contributed by atoms with van der Waals surface area (Å²) in [5, 5.41) is 11.6. The predicted molar refractivity (Wildman–Crippen MR) is 65.2 cm³/mol. The monoisotopic (exact) mass is 251 g/mol. The lowest BCUT2D eigenvalue weighted by atomic mass is 10.1. The number of rotatable bonds is 3. The number of aliphatic carboxylic acids is 1. The number of carboxylic acids is 1. The summed E-state index contributed by atoms with van der Waals surface area (Å²) in [4.78, 5) is 24.3. The molecule has 0 spiro atoms. The largest absolute Gasteiger partial charge is 0.481 e. The second-order valence-corrected chi connectivity index (χ2v) is 5.34. The van der Waals surface area contributed by atoms with Crippen molar-refractivity contribution in [1.82, 2.24) is 5.32 Å². The molecule has 0 saturated heterocycles. The number of carboxylic acid groups (broad SMARTS) is 1. The van der Waals surface area contributed by atoms with E-state index in [1.807, 2.05) is 13.0 Å². The molecule has 1 aromatic heterocycles. The third-order valence-corrected chi connectivity index (χ3v) is 3.68. The molecule has 4 nitrogen and oxygen atoms in total. The van der Waals surface area contributed by atoms with Gasteiger partial charge in [-0.2, -0.15) is 0 Å².